The molecule has 2 rings (SSSR count). The van der Waals surface area contributed by atoms with Crippen molar-refractivity contribution in [2.45, 2.75) is 25.4 Å². The number of aromatic nitrogens is 4. The van der Waals surface area contributed by atoms with E-state index in [0.29, 0.717) is 12.1 Å². The van der Waals surface area contributed by atoms with Gasteiger partial charge in [-0.15, -0.1) is 0 Å². The topological polar surface area (TPSA) is 64.9 Å². The minimum Gasteiger partial charge on any atom is -0.378 e. The van der Waals surface area contributed by atoms with Gasteiger partial charge in [-0.25, -0.2) is 4.68 Å². The van der Waals surface area contributed by atoms with E-state index < -0.39 is 0 Å². The van der Waals surface area contributed by atoms with Crippen LogP contribution in [0.2, 0.25) is 0 Å². The lowest BCUT2D eigenvalue weighted by Crippen LogP contribution is -2.14. The standard InChI is InChI=1S/C8H15N5O/c1-13-8(10-11-12-13)9-5-4-7-3-2-6-14-7/h7H,2-6H2,1H3,(H,9,10,12). The van der Waals surface area contributed by atoms with Crippen LogP contribution < -0.4 is 5.32 Å². The Kier molecular flexibility index (Phi) is 2.93. The van der Waals surface area contributed by atoms with Gasteiger partial charge in [-0.3, -0.25) is 0 Å². The summed E-state index contributed by atoms with van der Waals surface area (Å²) in [6, 6.07) is 0. The molecule has 14 heavy (non-hydrogen) atoms. The van der Waals surface area contributed by atoms with Crippen LogP contribution in [-0.4, -0.2) is 39.5 Å². The Morgan fingerprint density at radius 2 is 2.57 bits per heavy atom. The third-order valence-electron chi connectivity index (χ3n) is 2.39. The van der Waals surface area contributed by atoms with Gasteiger partial charge in [-0.1, -0.05) is 5.10 Å². The van der Waals surface area contributed by atoms with Crippen molar-refractivity contribution in [3.63, 3.8) is 0 Å². The predicted octanol–water partition coefficient (Wildman–Crippen LogP) is 0.191. The molecule has 1 aromatic rings. The average Bonchev–Trinajstić information content (AvgIpc) is 2.78. The molecule has 1 aliphatic rings. The number of hydrogen-bond acceptors (Lipinski definition) is 5. The molecule has 0 radical (unpaired) electrons. The molecular formula is C8H15N5O. The Morgan fingerprint density at radius 1 is 1.64 bits per heavy atom. The number of ether oxygens (including phenoxy) is 1. The molecule has 0 amide bonds. The van der Waals surface area contributed by atoms with Crippen LogP contribution >= 0.6 is 0 Å². The lowest BCUT2D eigenvalue weighted by atomic mass is 10.2. The Hall–Kier alpha value is -1.17. The number of rotatable bonds is 4. The Bertz CT molecular complexity index is 281. The molecular weight excluding hydrogens is 182 g/mol. The minimum absolute atomic E-state index is 0.420. The molecule has 1 fully saturated rings. The molecule has 2 heterocycles. The van der Waals surface area contributed by atoms with Crippen molar-refractivity contribution in [2.75, 3.05) is 18.5 Å². The Labute approximate surface area is 82.6 Å². The zero-order valence-corrected chi connectivity index (χ0v) is 8.31. The molecule has 0 bridgehead atoms. The number of nitrogens with one attached hydrogen (secondary N) is 1. The van der Waals surface area contributed by atoms with Crippen molar-refractivity contribution in [3.05, 3.63) is 0 Å². The Balaban J connectivity index is 1.70. The summed E-state index contributed by atoms with van der Waals surface area (Å²) < 4.78 is 7.12. The van der Waals surface area contributed by atoms with Crippen LogP contribution in [0.5, 0.6) is 0 Å². The summed E-state index contributed by atoms with van der Waals surface area (Å²) in [5.74, 6) is 0.711. The maximum atomic E-state index is 5.50. The van der Waals surface area contributed by atoms with Gasteiger partial charge >= 0.3 is 0 Å². The third kappa shape index (κ3) is 2.20. The second-order valence-electron chi connectivity index (χ2n) is 3.48. The van der Waals surface area contributed by atoms with E-state index in [1.54, 1.807) is 4.68 Å². The van der Waals surface area contributed by atoms with Gasteiger partial charge in [0.1, 0.15) is 0 Å². The van der Waals surface area contributed by atoms with Gasteiger partial charge in [0.15, 0.2) is 0 Å². The van der Waals surface area contributed by atoms with Crippen LogP contribution in [0.1, 0.15) is 19.3 Å². The van der Waals surface area contributed by atoms with Gasteiger partial charge in [0.25, 0.3) is 0 Å². The van der Waals surface area contributed by atoms with E-state index in [9.17, 15) is 0 Å². The molecule has 6 nitrogen and oxygen atoms in total. The van der Waals surface area contributed by atoms with E-state index in [0.717, 1.165) is 19.6 Å². The molecule has 1 atom stereocenters. The SMILES string of the molecule is Cn1nnnc1NCCC1CCCO1. The smallest absolute Gasteiger partial charge is 0.242 e. The van der Waals surface area contributed by atoms with Crippen molar-refractivity contribution in [2.24, 2.45) is 7.05 Å². The molecule has 0 saturated carbocycles. The van der Waals surface area contributed by atoms with Crippen LogP contribution in [0.15, 0.2) is 0 Å². The molecule has 1 aromatic heterocycles. The van der Waals surface area contributed by atoms with E-state index in [4.69, 9.17) is 4.74 Å². The first-order valence-corrected chi connectivity index (χ1v) is 4.94. The Morgan fingerprint density at radius 3 is 3.21 bits per heavy atom. The number of aryl methyl sites for hydroxylation is 1. The lowest BCUT2D eigenvalue weighted by Gasteiger charge is -2.09. The number of anilines is 1. The summed E-state index contributed by atoms with van der Waals surface area (Å²) in [5.41, 5.74) is 0. The van der Waals surface area contributed by atoms with Crippen LogP contribution in [-0.2, 0) is 11.8 Å². The monoisotopic (exact) mass is 197 g/mol. The van der Waals surface area contributed by atoms with Crippen molar-refractivity contribution in [1.29, 1.82) is 0 Å². The molecule has 1 aliphatic heterocycles. The first-order chi connectivity index (χ1) is 6.86. The highest BCUT2D eigenvalue weighted by Gasteiger charge is 2.14. The third-order valence-corrected chi connectivity index (χ3v) is 2.39. The second kappa shape index (κ2) is 4.36. The van der Waals surface area contributed by atoms with Gasteiger partial charge in [0.05, 0.1) is 6.10 Å². The fourth-order valence-electron chi connectivity index (χ4n) is 1.60. The van der Waals surface area contributed by atoms with Gasteiger partial charge < -0.3 is 10.1 Å². The fraction of sp³-hybridized carbons (Fsp3) is 0.875. The van der Waals surface area contributed by atoms with Crippen molar-refractivity contribution >= 4 is 5.95 Å². The predicted molar refractivity (Wildman–Crippen MR) is 50.9 cm³/mol. The van der Waals surface area contributed by atoms with E-state index in [2.05, 4.69) is 20.8 Å². The van der Waals surface area contributed by atoms with Crippen LogP contribution in [0, 0.1) is 0 Å². The second-order valence-corrected chi connectivity index (χ2v) is 3.48. The van der Waals surface area contributed by atoms with Gasteiger partial charge in [-0.2, -0.15) is 0 Å². The van der Waals surface area contributed by atoms with Crippen molar-refractivity contribution in [1.82, 2.24) is 20.2 Å². The lowest BCUT2D eigenvalue weighted by molar-refractivity contribution is 0.107. The average molecular weight is 197 g/mol. The molecule has 0 aliphatic carbocycles. The highest BCUT2D eigenvalue weighted by molar-refractivity contribution is 5.20. The first kappa shape index (κ1) is 9.39. The van der Waals surface area contributed by atoms with Crippen molar-refractivity contribution in [3.8, 4) is 0 Å². The zero-order valence-electron chi connectivity index (χ0n) is 8.31. The maximum absolute atomic E-state index is 5.50. The van der Waals surface area contributed by atoms with E-state index in [-0.39, 0.29) is 0 Å². The highest BCUT2D eigenvalue weighted by Crippen LogP contribution is 2.14. The summed E-state index contributed by atoms with van der Waals surface area (Å²) in [6.45, 7) is 1.77. The summed E-state index contributed by atoms with van der Waals surface area (Å²) in [6.07, 6.45) is 3.81. The van der Waals surface area contributed by atoms with Crippen LogP contribution in [0.25, 0.3) is 0 Å². The fourth-order valence-corrected chi connectivity index (χ4v) is 1.60. The largest absolute Gasteiger partial charge is 0.378 e. The summed E-state index contributed by atoms with van der Waals surface area (Å²) >= 11 is 0. The van der Waals surface area contributed by atoms with Gasteiger partial charge in [0.2, 0.25) is 5.95 Å². The number of tetrazole rings is 1. The number of hydrogen-bond donors (Lipinski definition) is 1. The van der Waals surface area contributed by atoms with E-state index >= 15 is 0 Å². The zero-order chi connectivity index (χ0) is 9.80. The minimum atomic E-state index is 0.420. The highest BCUT2D eigenvalue weighted by atomic mass is 16.5. The van der Waals surface area contributed by atoms with Crippen LogP contribution in [0.4, 0.5) is 5.95 Å². The van der Waals surface area contributed by atoms with E-state index in [1.165, 1.54) is 12.8 Å². The van der Waals surface area contributed by atoms with Gasteiger partial charge in [0, 0.05) is 20.2 Å². The molecule has 1 saturated heterocycles. The van der Waals surface area contributed by atoms with Crippen molar-refractivity contribution < 1.29 is 4.74 Å². The van der Waals surface area contributed by atoms with Crippen LogP contribution in [0.3, 0.4) is 0 Å². The molecule has 78 valence electrons. The summed E-state index contributed by atoms with van der Waals surface area (Å²) in [5, 5.41) is 14.3. The quantitative estimate of drug-likeness (QED) is 0.746. The molecule has 0 aromatic carbocycles. The van der Waals surface area contributed by atoms with Gasteiger partial charge in [-0.05, 0) is 29.7 Å². The molecule has 1 unspecified atom stereocenters. The molecule has 0 spiro atoms. The summed E-state index contributed by atoms with van der Waals surface area (Å²) in [4.78, 5) is 0. The molecule has 6 heteroatoms. The molecule has 1 N–H and O–H groups in total. The normalized spacial score (nSPS) is 21.4. The maximum Gasteiger partial charge on any atom is 0.242 e. The van der Waals surface area contributed by atoms with E-state index in [1.807, 2.05) is 7.05 Å². The number of nitrogens with zero attached hydrogens (tertiary/aromatic N) is 4. The summed E-state index contributed by atoms with van der Waals surface area (Å²) in [7, 11) is 1.81. The first-order valence-electron chi connectivity index (χ1n) is 4.94.